The first-order valence-electron chi connectivity index (χ1n) is 13.4. The lowest BCUT2D eigenvalue weighted by atomic mass is 9.77. The van der Waals surface area contributed by atoms with Crippen LogP contribution in [0.2, 0.25) is 0 Å². The van der Waals surface area contributed by atoms with Gasteiger partial charge in [-0.15, -0.1) is 11.3 Å². The van der Waals surface area contributed by atoms with Crippen LogP contribution in [0.1, 0.15) is 33.3 Å². The summed E-state index contributed by atoms with van der Waals surface area (Å²) in [4.78, 5) is 15.5. The minimum absolute atomic E-state index is 0.0229. The third-order valence-electron chi connectivity index (χ3n) is 7.62. The first-order valence-corrected chi connectivity index (χ1v) is 14.2. The smallest absolute Gasteiger partial charge is 0.416 e. The van der Waals surface area contributed by atoms with Gasteiger partial charge in [0.25, 0.3) is 5.91 Å². The molecule has 0 saturated heterocycles. The zero-order valence-electron chi connectivity index (χ0n) is 22.1. The van der Waals surface area contributed by atoms with Crippen LogP contribution in [0.5, 0.6) is 5.75 Å². The van der Waals surface area contributed by atoms with E-state index in [0.29, 0.717) is 21.0 Å². The minimum atomic E-state index is -3.40. The van der Waals surface area contributed by atoms with Crippen molar-refractivity contribution in [2.75, 3.05) is 18.0 Å². The molecule has 4 heterocycles. The molecule has 1 amide bonds. The summed E-state index contributed by atoms with van der Waals surface area (Å²) in [6.45, 7) is 1.46. The molecule has 6 nitrogen and oxygen atoms in total. The highest BCUT2D eigenvalue weighted by molar-refractivity contribution is 7.18. The van der Waals surface area contributed by atoms with Gasteiger partial charge in [0.15, 0.2) is 5.75 Å². The zero-order chi connectivity index (χ0) is 28.2. The van der Waals surface area contributed by atoms with Crippen LogP contribution in [0.15, 0.2) is 103 Å². The lowest BCUT2D eigenvalue weighted by Crippen LogP contribution is -2.48. The van der Waals surface area contributed by atoms with Crippen molar-refractivity contribution in [3.05, 3.63) is 125 Å². The molecule has 0 fully saturated rings. The van der Waals surface area contributed by atoms with Gasteiger partial charge in [-0.1, -0.05) is 91.0 Å². The number of ether oxygens (including phenoxy) is 1. The first kappa shape index (κ1) is 25.5. The standard InChI is InChI=1S/C32H26F2N4O2S/c1-21-18-37-20-31(33,34)40-27-26(37)29(30(39)36-21)41-28(27)22-17-35-38(19-22)32(23-11-5-2-6-12-23,24-13-7-3-8-14-24)25-15-9-4-10-16-25/h2-17,19,21H,18,20H2,1H3,(H,36,39)/t21-/m1/s1. The second-order valence-corrected chi connectivity index (χ2v) is 11.4. The van der Waals surface area contributed by atoms with Gasteiger partial charge in [0.2, 0.25) is 0 Å². The summed E-state index contributed by atoms with van der Waals surface area (Å²) in [5, 5.41) is 7.78. The summed E-state index contributed by atoms with van der Waals surface area (Å²) in [6.07, 6.45) is 0.118. The van der Waals surface area contributed by atoms with E-state index in [4.69, 9.17) is 9.84 Å². The molecule has 7 rings (SSSR count). The van der Waals surface area contributed by atoms with Crippen molar-refractivity contribution >= 4 is 22.9 Å². The summed E-state index contributed by atoms with van der Waals surface area (Å²) >= 11 is 1.15. The summed E-state index contributed by atoms with van der Waals surface area (Å²) in [5.41, 5.74) is 3.10. The van der Waals surface area contributed by atoms with Gasteiger partial charge in [-0.3, -0.25) is 9.48 Å². The van der Waals surface area contributed by atoms with E-state index in [2.05, 4.69) is 41.7 Å². The summed E-state index contributed by atoms with van der Waals surface area (Å²) in [5.74, 6) is -0.268. The van der Waals surface area contributed by atoms with Gasteiger partial charge in [0, 0.05) is 24.3 Å². The van der Waals surface area contributed by atoms with Gasteiger partial charge in [-0.05, 0) is 23.6 Å². The Bertz CT molecular complexity index is 1620. The number of amides is 1. The van der Waals surface area contributed by atoms with Crippen LogP contribution in [0.25, 0.3) is 10.4 Å². The summed E-state index contributed by atoms with van der Waals surface area (Å²) in [6, 6.07) is 29.9. The van der Waals surface area contributed by atoms with E-state index in [1.54, 1.807) is 11.1 Å². The van der Waals surface area contributed by atoms with E-state index in [1.807, 2.05) is 72.4 Å². The normalized spacial score (nSPS) is 17.8. The topological polar surface area (TPSA) is 59.4 Å². The number of carbonyl (C=O) groups excluding carboxylic acids is 1. The van der Waals surface area contributed by atoms with Crippen LogP contribution in [0.3, 0.4) is 0 Å². The third kappa shape index (κ3) is 4.11. The second kappa shape index (κ2) is 9.55. The number of hydrogen-bond donors (Lipinski definition) is 1. The maximum atomic E-state index is 14.9. The Kier molecular flexibility index (Phi) is 5.93. The van der Waals surface area contributed by atoms with E-state index in [0.717, 1.165) is 28.0 Å². The molecule has 0 aliphatic carbocycles. The number of rotatable bonds is 5. The van der Waals surface area contributed by atoms with E-state index in [-0.39, 0.29) is 24.2 Å². The average molecular weight is 569 g/mol. The number of hydrogen-bond acceptors (Lipinski definition) is 5. The number of benzene rings is 3. The van der Waals surface area contributed by atoms with E-state index in [9.17, 15) is 13.6 Å². The molecule has 0 radical (unpaired) electrons. The van der Waals surface area contributed by atoms with Crippen LogP contribution < -0.4 is 15.0 Å². The van der Waals surface area contributed by atoms with Crippen LogP contribution in [-0.4, -0.2) is 40.9 Å². The Morgan fingerprint density at radius 1 is 0.927 bits per heavy atom. The Hall–Kier alpha value is -4.50. The zero-order valence-corrected chi connectivity index (χ0v) is 22.9. The van der Waals surface area contributed by atoms with E-state index >= 15 is 0 Å². The summed E-state index contributed by atoms with van der Waals surface area (Å²) in [7, 11) is 0. The van der Waals surface area contributed by atoms with Gasteiger partial charge in [0.05, 0.1) is 11.1 Å². The van der Waals surface area contributed by atoms with Crippen molar-refractivity contribution in [2.45, 2.75) is 24.6 Å². The fourth-order valence-corrected chi connectivity index (χ4v) is 7.12. The Labute approximate surface area is 239 Å². The molecule has 2 aliphatic rings. The fraction of sp³-hybridized carbons (Fsp3) is 0.188. The molecular formula is C32H26F2N4O2S. The molecule has 0 bridgehead atoms. The molecule has 1 N–H and O–H groups in total. The maximum absolute atomic E-state index is 14.9. The van der Waals surface area contributed by atoms with Gasteiger partial charge in [-0.2, -0.15) is 13.9 Å². The molecule has 2 aliphatic heterocycles. The fourth-order valence-electron chi connectivity index (χ4n) is 6.00. The second-order valence-electron chi connectivity index (χ2n) is 10.4. The molecule has 0 unspecified atom stereocenters. The molecule has 2 aromatic heterocycles. The van der Waals surface area contributed by atoms with Crippen LogP contribution in [-0.2, 0) is 5.54 Å². The first-order chi connectivity index (χ1) is 19.9. The molecule has 1 atom stereocenters. The van der Waals surface area contributed by atoms with Crippen molar-refractivity contribution in [1.29, 1.82) is 0 Å². The highest BCUT2D eigenvalue weighted by Gasteiger charge is 2.47. The highest BCUT2D eigenvalue weighted by atomic mass is 32.1. The molecule has 9 heteroatoms. The van der Waals surface area contributed by atoms with E-state index in [1.165, 1.54) is 0 Å². The van der Waals surface area contributed by atoms with Crippen molar-refractivity contribution in [1.82, 2.24) is 15.1 Å². The number of halogens is 2. The van der Waals surface area contributed by atoms with Gasteiger partial charge in [0.1, 0.15) is 22.6 Å². The van der Waals surface area contributed by atoms with Gasteiger partial charge < -0.3 is 15.0 Å². The summed E-state index contributed by atoms with van der Waals surface area (Å²) < 4.78 is 36.9. The highest BCUT2D eigenvalue weighted by Crippen LogP contribution is 2.53. The molecule has 206 valence electrons. The monoisotopic (exact) mass is 568 g/mol. The molecule has 5 aromatic rings. The van der Waals surface area contributed by atoms with Crippen molar-refractivity contribution in [3.8, 4) is 16.2 Å². The number of anilines is 1. The number of aromatic nitrogens is 2. The number of thiophene rings is 1. The molecule has 3 aromatic carbocycles. The average Bonchev–Trinajstić information content (AvgIpc) is 3.57. The largest absolute Gasteiger partial charge is 0.427 e. The number of alkyl halides is 2. The number of nitrogens with one attached hydrogen (secondary N) is 1. The lowest BCUT2D eigenvalue weighted by Gasteiger charge is -2.36. The van der Waals surface area contributed by atoms with Crippen molar-refractivity contribution in [2.24, 2.45) is 0 Å². The molecule has 0 spiro atoms. The SMILES string of the molecule is C[C@@H]1CN2CC(F)(F)Oc3c(-c4cnn(C(c5ccccc5)(c5ccccc5)c5ccccc5)c4)sc(c32)C(=O)N1. The van der Waals surface area contributed by atoms with Crippen molar-refractivity contribution in [3.63, 3.8) is 0 Å². The van der Waals surface area contributed by atoms with Crippen LogP contribution in [0.4, 0.5) is 14.5 Å². The molecule has 41 heavy (non-hydrogen) atoms. The quantitative estimate of drug-likeness (QED) is 0.250. The Morgan fingerprint density at radius 2 is 1.49 bits per heavy atom. The Morgan fingerprint density at radius 3 is 2.05 bits per heavy atom. The van der Waals surface area contributed by atoms with Gasteiger partial charge >= 0.3 is 6.11 Å². The number of nitrogens with zero attached hydrogens (tertiary/aromatic N) is 3. The number of carbonyl (C=O) groups is 1. The third-order valence-corrected chi connectivity index (χ3v) is 8.83. The molecular weight excluding hydrogens is 542 g/mol. The van der Waals surface area contributed by atoms with E-state index < -0.39 is 18.2 Å². The van der Waals surface area contributed by atoms with Crippen LogP contribution >= 0.6 is 11.3 Å². The van der Waals surface area contributed by atoms with Gasteiger partial charge in [-0.25, -0.2) is 0 Å². The Balaban J connectivity index is 1.46. The lowest BCUT2D eigenvalue weighted by molar-refractivity contribution is -0.171. The predicted octanol–water partition coefficient (Wildman–Crippen LogP) is 6.38. The van der Waals surface area contributed by atoms with Crippen LogP contribution in [0, 0.1) is 0 Å². The van der Waals surface area contributed by atoms with Crippen molar-refractivity contribution < 1.29 is 18.3 Å². The predicted molar refractivity (Wildman–Crippen MR) is 155 cm³/mol. The minimum Gasteiger partial charge on any atom is -0.427 e. The molecule has 0 saturated carbocycles. The maximum Gasteiger partial charge on any atom is 0.416 e.